The summed E-state index contributed by atoms with van der Waals surface area (Å²) in [5.41, 5.74) is 0. The van der Waals surface area contributed by atoms with Gasteiger partial charge in [0, 0.05) is 26.2 Å². The summed E-state index contributed by atoms with van der Waals surface area (Å²) in [5.74, 6) is -6.55. The molecule has 3 amide bonds. The van der Waals surface area contributed by atoms with E-state index < -0.39 is 24.3 Å². The van der Waals surface area contributed by atoms with Crippen molar-refractivity contribution in [2.45, 2.75) is 18.4 Å². The number of alkyl halides is 4. The quantitative estimate of drug-likeness (QED) is 0.724. The lowest BCUT2D eigenvalue weighted by Crippen LogP contribution is -2.58. The van der Waals surface area contributed by atoms with Crippen molar-refractivity contribution in [2.75, 3.05) is 26.2 Å². The third kappa shape index (κ3) is 1.97. The lowest BCUT2D eigenvalue weighted by atomic mass is 10.1. The van der Waals surface area contributed by atoms with Gasteiger partial charge in [-0.3, -0.25) is 4.79 Å². The number of fused-ring (bicyclic) bond motifs is 1. The number of carbonyl (C=O) groups excluding carboxylic acids is 2. The van der Waals surface area contributed by atoms with Gasteiger partial charge in [-0.25, -0.2) is 13.6 Å². The molecule has 0 radical (unpaired) electrons. The van der Waals surface area contributed by atoms with Gasteiger partial charge in [-0.1, -0.05) is 0 Å². The number of nitrogens with one attached hydrogen (secondary N) is 1. The number of hydrogen-bond acceptors (Lipinski definition) is 2. The summed E-state index contributed by atoms with van der Waals surface area (Å²) in [5, 5.41) is 2.50. The van der Waals surface area contributed by atoms with Gasteiger partial charge in [0.15, 0.2) is 0 Å². The fourth-order valence-corrected chi connectivity index (χ4v) is 2.09. The minimum atomic E-state index is -4.67. The Kier molecular flexibility index (Phi) is 3.07. The van der Waals surface area contributed by atoms with Crippen LogP contribution in [0.1, 0.15) is 0 Å². The molecule has 9 heteroatoms. The number of piperazine rings is 1. The summed E-state index contributed by atoms with van der Waals surface area (Å²) < 4.78 is 50.0. The van der Waals surface area contributed by atoms with E-state index in [1.54, 1.807) is 0 Å². The first-order chi connectivity index (χ1) is 8.34. The molecule has 0 spiro atoms. The van der Waals surface area contributed by atoms with E-state index in [1.807, 2.05) is 0 Å². The molecule has 2 aliphatic rings. The predicted molar refractivity (Wildman–Crippen MR) is 51.4 cm³/mol. The van der Waals surface area contributed by atoms with E-state index in [4.69, 9.17) is 0 Å². The van der Waals surface area contributed by atoms with Crippen LogP contribution >= 0.6 is 0 Å². The average molecular weight is 269 g/mol. The van der Waals surface area contributed by atoms with Gasteiger partial charge in [0.25, 0.3) is 5.91 Å². The Hall–Kier alpha value is -1.54. The standard InChI is InChI=1S/C9H11F4N3O2/c10-6(11)9(12,13)7(17)15-1-2-16-5(4-15)3-14-8(16)18/h5-6H,1-4H2,(H,14,18). The fraction of sp³-hybridized carbons (Fsp3) is 0.778. The zero-order chi connectivity index (χ0) is 13.5. The van der Waals surface area contributed by atoms with Crippen LogP contribution in [0, 0.1) is 0 Å². The van der Waals surface area contributed by atoms with Gasteiger partial charge in [0.2, 0.25) is 0 Å². The van der Waals surface area contributed by atoms with Crippen molar-refractivity contribution < 1.29 is 27.2 Å². The summed E-state index contributed by atoms with van der Waals surface area (Å²) in [6.45, 7) is -0.0185. The number of urea groups is 1. The zero-order valence-corrected chi connectivity index (χ0v) is 9.21. The molecule has 102 valence electrons. The second-order valence-corrected chi connectivity index (χ2v) is 4.21. The molecule has 18 heavy (non-hydrogen) atoms. The molecule has 0 saturated carbocycles. The summed E-state index contributed by atoms with van der Waals surface area (Å²) in [4.78, 5) is 24.6. The van der Waals surface area contributed by atoms with Gasteiger partial charge in [0.1, 0.15) is 0 Å². The SMILES string of the molecule is O=C1NCC2CN(C(=O)C(F)(F)C(F)F)CCN12. The van der Waals surface area contributed by atoms with Gasteiger partial charge < -0.3 is 15.1 Å². The van der Waals surface area contributed by atoms with E-state index in [1.165, 1.54) is 4.90 Å². The van der Waals surface area contributed by atoms with E-state index >= 15 is 0 Å². The van der Waals surface area contributed by atoms with Crippen molar-refractivity contribution in [3.63, 3.8) is 0 Å². The lowest BCUT2D eigenvalue weighted by molar-refractivity contribution is -0.182. The van der Waals surface area contributed by atoms with Crippen LogP contribution in [0.2, 0.25) is 0 Å². The van der Waals surface area contributed by atoms with Crippen LogP contribution in [-0.2, 0) is 4.79 Å². The van der Waals surface area contributed by atoms with Crippen molar-refractivity contribution in [1.82, 2.24) is 15.1 Å². The van der Waals surface area contributed by atoms with E-state index in [-0.39, 0.29) is 32.2 Å². The van der Waals surface area contributed by atoms with Crippen LogP contribution in [0.4, 0.5) is 22.4 Å². The van der Waals surface area contributed by atoms with Gasteiger partial charge in [-0.2, -0.15) is 8.78 Å². The molecule has 2 aliphatic heterocycles. The minimum absolute atomic E-state index is 0.0710. The topological polar surface area (TPSA) is 52.7 Å². The molecule has 2 heterocycles. The maximum absolute atomic E-state index is 12.9. The highest BCUT2D eigenvalue weighted by Gasteiger charge is 2.52. The normalized spacial score (nSPS) is 24.3. The highest BCUT2D eigenvalue weighted by Crippen LogP contribution is 2.27. The fourth-order valence-electron chi connectivity index (χ4n) is 2.09. The first kappa shape index (κ1) is 12.9. The number of amides is 3. The third-order valence-corrected chi connectivity index (χ3v) is 3.08. The molecule has 0 aromatic carbocycles. The Labute approximate surface area is 99.7 Å². The van der Waals surface area contributed by atoms with Crippen LogP contribution in [0.25, 0.3) is 0 Å². The molecular formula is C9H11F4N3O2. The molecule has 1 N–H and O–H groups in total. The van der Waals surface area contributed by atoms with Gasteiger partial charge in [-0.05, 0) is 0 Å². The minimum Gasteiger partial charge on any atom is -0.336 e. The monoisotopic (exact) mass is 269 g/mol. The van der Waals surface area contributed by atoms with E-state index in [9.17, 15) is 27.2 Å². The number of hydrogen-bond donors (Lipinski definition) is 1. The maximum Gasteiger partial charge on any atom is 0.383 e. The average Bonchev–Trinajstić information content (AvgIpc) is 2.69. The first-order valence-corrected chi connectivity index (χ1v) is 5.34. The summed E-state index contributed by atoms with van der Waals surface area (Å²) in [6.07, 6.45) is -4.02. The number of nitrogens with zero attached hydrogens (tertiary/aromatic N) is 2. The van der Waals surface area contributed by atoms with Crippen LogP contribution in [0.5, 0.6) is 0 Å². The van der Waals surface area contributed by atoms with E-state index in [0.29, 0.717) is 4.90 Å². The second kappa shape index (κ2) is 4.29. The molecule has 1 unspecified atom stereocenters. The summed E-state index contributed by atoms with van der Waals surface area (Å²) in [7, 11) is 0. The molecule has 2 fully saturated rings. The zero-order valence-electron chi connectivity index (χ0n) is 9.21. The van der Waals surface area contributed by atoms with Gasteiger partial charge in [-0.15, -0.1) is 0 Å². The maximum atomic E-state index is 12.9. The highest BCUT2D eigenvalue weighted by atomic mass is 19.3. The Bertz CT molecular complexity index is 377. The lowest BCUT2D eigenvalue weighted by Gasteiger charge is -2.37. The second-order valence-electron chi connectivity index (χ2n) is 4.21. The largest absolute Gasteiger partial charge is 0.383 e. The Morgan fingerprint density at radius 2 is 2.06 bits per heavy atom. The molecule has 1 atom stereocenters. The van der Waals surface area contributed by atoms with Crippen molar-refractivity contribution in [1.29, 1.82) is 0 Å². The first-order valence-electron chi connectivity index (χ1n) is 5.34. The van der Waals surface area contributed by atoms with Crippen LogP contribution in [0.15, 0.2) is 0 Å². The Morgan fingerprint density at radius 1 is 1.39 bits per heavy atom. The molecule has 2 saturated heterocycles. The van der Waals surface area contributed by atoms with E-state index in [0.717, 1.165) is 0 Å². The molecule has 0 aromatic heterocycles. The van der Waals surface area contributed by atoms with Crippen molar-refractivity contribution in [3.05, 3.63) is 0 Å². The Morgan fingerprint density at radius 3 is 2.67 bits per heavy atom. The van der Waals surface area contributed by atoms with Crippen LogP contribution in [-0.4, -0.2) is 66.3 Å². The van der Waals surface area contributed by atoms with Gasteiger partial charge >= 0.3 is 18.4 Å². The van der Waals surface area contributed by atoms with Crippen molar-refractivity contribution in [2.24, 2.45) is 0 Å². The van der Waals surface area contributed by atoms with Crippen LogP contribution in [0.3, 0.4) is 0 Å². The van der Waals surface area contributed by atoms with Gasteiger partial charge in [0.05, 0.1) is 6.04 Å². The van der Waals surface area contributed by atoms with E-state index in [2.05, 4.69) is 5.32 Å². The third-order valence-electron chi connectivity index (χ3n) is 3.08. The molecule has 0 aromatic rings. The number of carbonyl (C=O) groups is 2. The smallest absolute Gasteiger partial charge is 0.336 e. The van der Waals surface area contributed by atoms with Crippen molar-refractivity contribution >= 4 is 11.9 Å². The molecule has 0 aliphatic carbocycles. The Balaban J connectivity index is 2.04. The molecular weight excluding hydrogens is 258 g/mol. The van der Waals surface area contributed by atoms with Crippen LogP contribution < -0.4 is 5.32 Å². The summed E-state index contributed by atoms with van der Waals surface area (Å²) >= 11 is 0. The molecule has 2 rings (SSSR count). The van der Waals surface area contributed by atoms with Crippen molar-refractivity contribution in [3.8, 4) is 0 Å². The predicted octanol–water partition coefficient (Wildman–Crippen LogP) is 0.123. The molecule has 0 bridgehead atoms. The highest BCUT2D eigenvalue weighted by molar-refractivity contribution is 5.85. The summed E-state index contributed by atoms with van der Waals surface area (Å²) in [6, 6.07) is -0.753. The number of halogens is 4. The molecule has 5 nitrogen and oxygen atoms in total. The number of rotatable bonds is 2.